The van der Waals surface area contributed by atoms with Gasteiger partial charge in [-0.25, -0.2) is 0 Å². The molecule has 0 radical (unpaired) electrons. The molecule has 0 aliphatic carbocycles. The van der Waals surface area contributed by atoms with E-state index in [4.69, 9.17) is 10.6 Å². The molecule has 0 N–H and O–H groups in total. The molecule has 0 heterocycles. The van der Waals surface area contributed by atoms with Crippen molar-refractivity contribution >= 4 is 40.9 Å². The van der Waals surface area contributed by atoms with Crippen molar-refractivity contribution in [2.75, 3.05) is 0 Å². The number of carbonyl (C=O) groups excluding carboxylic acids is 2. The van der Waals surface area contributed by atoms with E-state index in [1.807, 2.05) is 19.6 Å². The molecule has 7 heteroatoms. The van der Waals surface area contributed by atoms with Gasteiger partial charge in [-0.05, 0) is 0 Å². The van der Waals surface area contributed by atoms with Gasteiger partial charge in [0.05, 0.1) is 0 Å². The molecule has 0 amide bonds. The number of carbonyl (C=O) groups is 2. The molecule has 22 heavy (non-hydrogen) atoms. The Morgan fingerprint density at radius 3 is 2.18 bits per heavy atom. The zero-order chi connectivity index (χ0) is 16.9. The zero-order valence-electron chi connectivity index (χ0n) is 13.4. The number of benzene rings is 1. The Morgan fingerprint density at radius 2 is 1.68 bits per heavy atom. The first-order valence-electron chi connectivity index (χ1n) is 6.65. The first kappa shape index (κ1) is 18.7. The SMILES string of the molecule is C=C(C)OI(OC(C)=O)c1ccccc1C(=O)O[Si](C)(C)C. The van der Waals surface area contributed by atoms with Gasteiger partial charge < -0.3 is 0 Å². The summed E-state index contributed by atoms with van der Waals surface area (Å²) in [6.07, 6.45) is 0. The molecule has 0 aromatic heterocycles. The third-order valence-corrected chi connectivity index (χ3v) is 6.90. The van der Waals surface area contributed by atoms with E-state index in [0.717, 1.165) is 0 Å². The number of hydrogen-bond donors (Lipinski definition) is 0. The van der Waals surface area contributed by atoms with Crippen LogP contribution in [0.5, 0.6) is 0 Å². The maximum absolute atomic E-state index is 12.4. The molecule has 0 bridgehead atoms. The third-order valence-electron chi connectivity index (χ3n) is 2.04. The molecule has 0 atom stereocenters. The van der Waals surface area contributed by atoms with E-state index in [2.05, 4.69) is 6.58 Å². The summed E-state index contributed by atoms with van der Waals surface area (Å²) < 4.78 is 17.0. The van der Waals surface area contributed by atoms with Crippen LogP contribution in [-0.2, 0) is 15.4 Å². The molecule has 0 fully saturated rings. The Bertz CT molecular complexity index is 564. The molecule has 1 rings (SSSR count). The van der Waals surface area contributed by atoms with Crippen molar-refractivity contribution < 1.29 is 20.1 Å². The Morgan fingerprint density at radius 1 is 1.09 bits per heavy atom. The molecule has 0 saturated carbocycles. The molecule has 0 unspecified atom stereocenters. The fraction of sp³-hybridized carbons (Fsp3) is 0.333. The number of halogens is 1. The summed E-state index contributed by atoms with van der Waals surface area (Å²) in [5.74, 6) is -0.408. The summed E-state index contributed by atoms with van der Waals surface area (Å²) >= 11 is -2.81. The monoisotopic (exact) mass is 436 g/mol. The average molecular weight is 436 g/mol. The average Bonchev–Trinajstić information content (AvgIpc) is 2.34. The number of hydrogen-bond acceptors (Lipinski definition) is 5. The predicted octanol–water partition coefficient (Wildman–Crippen LogP) is 4.30. The van der Waals surface area contributed by atoms with E-state index < -0.39 is 40.9 Å². The van der Waals surface area contributed by atoms with Gasteiger partial charge in [-0.15, -0.1) is 0 Å². The number of allylic oxidation sites excluding steroid dienone is 1. The Labute approximate surface area is 140 Å². The molecule has 1 aromatic carbocycles. The van der Waals surface area contributed by atoms with Crippen LogP contribution in [0.2, 0.25) is 19.6 Å². The van der Waals surface area contributed by atoms with E-state index in [9.17, 15) is 9.59 Å². The summed E-state index contributed by atoms with van der Waals surface area (Å²) in [4.78, 5) is 23.7. The molecular weight excluding hydrogens is 415 g/mol. The Balaban J connectivity index is 3.18. The van der Waals surface area contributed by atoms with Crippen molar-refractivity contribution in [3.8, 4) is 0 Å². The minimum atomic E-state index is -2.81. The van der Waals surface area contributed by atoms with Crippen LogP contribution in [0.1, 0.15) is 24.2 Å². The van der Waals surface area contributed by atoms with E-state index in [0.29, 0.717) is 14.9 Å². The van der Waals surface area contributed by atoms with Crippen molar-refractivity contribution in [2.45, 2.75) is 33.5 Å². The summed E-state index contributed by atoms with van der Waals surface area (Å²) in [6, 6.07) is 6.91. The summed E-state index contributed by atoms with van der Waals surface area (Å²) in [6.45, 7) is 12.5. The Kier molecular flexibility index (Phi) is 6.60. The quantitative estimate of drug-likeness (QED) is 0.378. The first-order chi connectivity index (χ1) is 10.1. The topological polar surface area (TPSA) is 61.8 Å². The van der Waals surface area contributed by atoms with Gasteiger partial charge in [0, 0.05) is 0 Å². The summed E-state index contributed by atoms with van der Waals surface area (Å²) in [7, 11) is -2.02. The van der Waals surface area contributed by atoms with Crippen LogP contribution in [0.25, 0.3) is 0 Å². The van der Waals surface area contributed by atoms with E-state index >= 15 is 0 Å². The van der Waals surface area contributed by atoms with E-state index in [-0.39, 0.29) is 0 Å². The fourth-order valence-electron chi connectivity index (χ4n) is 1.41. The normalized spacial score (nSPS) is 11.4. The van der Waals surface area contributed by atoms with Crippen molar-refractivity contribution in [3.05, 3.63) is 45.7 Å². The van der Waals surface area contributed by atoms with E-state index in [1.165, 1.54) is 6.92 Å². The van der Waals surface area contributed by atoms with Gasteiger partial charge in [0.2, 0.25) is 0 Å². The molecule has 122 valence electrons. The molecule has 5 nitrogen and oxygen atoms in total. The van der Waals surface area contributed by atoms with Gasteiger partial charge in [0.25, 0.3) is 0 Å². The van der Waals surface area contributed by atoms with Crippen molar-refractivity contribution in [3.63, 3.8) is 0 Å². The summed E-state index contributed by atoms with van der Waals surface area (Å²) in [5, 5.41) is 0. The molecule has 0 aliphatic rings. The zero-order valence-corrected chi connectivity index (χ0v) is 16.6. The minimum absolute atomic E-state index is 0.387. The van der Waals surface area contributed by atoms with Gasteiger partial charge in [0.15, 0.2) is 0 Å². The van der Waals surface area contributed by atoms with Crippen LogP contribution < -0.4 is 0 Å². The Hall–Kier alpha value is -1.35. The van der Waals surface area contributed by atoms with E-state index in [1.54, 1.807) is 31.2 Å². The van der Waals surface area contributed by atoms with Gasteiger partial charge in [-0.2, -0.15) is 0 Å². The molecule has 0 saturated heterocycles. The first-order valence-corrected chi connectivity index (χ1v) is 12.9. The van der Waals surface area contributed by atoms with Crippen LogP contribution in [0.3, 0.4) is 0 Å². The standard InChI is InChI=1S/C15H21IO5Si/c1-11(2)19-16(20-12(3)17)14-10-8-7-9-13(14)15(18)21-22(4,5)6/h7-10H,1H2,2-6H3. The maximum atomic E-state index is 12.4. The van der Waals surface area contributed by atoms with Crippen LogP contribution in [0, 0.1) is 3.57 Å². The van der Waals surface area contributed by atoms with Crippen molar-refractivity contribution in [2.24, 2.45) is 0 Å². The predicted molar refractivity (Wildman–Crippen MR) is 95.6 cm³/mol. The third kappa shape index (κ3) is 6.18. The van der Waals surface area contributed by atoms with Gasteiger partial charge >= 0.3 is 140 Å². The molecule has 1 aromatic rings. The van der Waals surface area contributed by atoms with Crippen LogP contribution in [0.4, 0.5) is 0 Å². The van der Waals surface area contributed by atoms with Crippen LogP contribution in [0.15, 0.2) is 36.6 Å². The van der Waals surface area contributed by atoms with Gasteiger partial charge in [-0.1, -0.05) is 0 Å². The van der Waals surface area contributed by atoms with Crippen molar-refractivity contribution in [1.29, 1.82) is 0 Å². The van der Waals surface area contributed by atoms with Gasteiger partial charge in [0.1, 0.15) is 0 Å². The van der Waals surface area contributed by atoms with Crippen LogP contribution in [-0.4, -0.2) is 20.3 Å². The molecular formula is C15H21IO5Si. The van der Waals surface area contributed by atoms with Gasteiger partial charge in [-0.3, -0.25) is 0 Å². The number of rotatable bonds is 6. The second kappa shape index (κ2) is 7.77. The second-order valence-corrected chi connectivity index (χ2v) is 13.3. The second-order valence-electron chi connectivity index (χ2n) is 5.55. The molecule has 0 aliphatic heterocycles. The summed E-state index contributed by atoms with van der Waals surface area (Å²) in [5.41, 5.74) is 0.387. The van der Waals surface area contributed by atoms with Crippen LogP contribution >= 0.6 is 20.6 Å². The van der Waals surface area contributed by atoms with Crippen molar-refractivity contribution in [1.82, 2.24) is 0 Å². The fourth-order valence-corrected chi connectivity index (χ4v) is 5.26. The molecule has 0 spiro atoms.